The molecule has 1 aliphatic rings. The number of nitrogens with one attached hydrogen (secondary N) is 1. The zero-order chi connectivity index (χ0) is 14.8. The number of carbonyl (C=O) groups excluding carboxylic acids is 1. The quantitative estimate of drug-likeness (QED) is 0.896. The maximum atomic E-state index is 11.9. The van der Waals surface area contributed by atoms with Crippen molar-refractivity contribution in [1.82, 2.24) is 25.5 Å². The Morgan fingerprint density at radius 3 is 2.95 bits per heavy atom. The van der Waals surface area contributed by atoms with Gasteiger partial charge in [-0.25, -0.2) is 0 Å². The maximum absolute atomic E-state index is 11.9. The van der Waals surface area contributed by atoms with E-state index in [0.717, 1.165) is 10.0 Å². The summed E-state index contributed by atoms with van der Waals surface area (Å²) in [6, 6.07) is 7.87. The van der Waals surface area contributed by atoms with Gasteiger partial charge in [0.1, 0.15) is 6.54 Å². The van der Waals surface area contributed by atoms with E-state index in [1.54, 1.807) is 0 Å². The van der Waals surface area contributed by atoms with Crippen LogP contribution in [0.2, 0.25) is 0 Å². The molecule has 0 unspecified atom stereocenters. The molecule has 1 atom stereocenters. The summed E-state index contributed by atoms with van der Waals surface area (Å²) in [4.78, 5) is 13.2. The second kappa shape index (κ2) is 5.93. The van der Waals surface area contributed by atoms with Crippen LogP contribution in [0.1, 0.15) is 19.8 Å². The summed E-state index contributed by atoms with van der Waals surface area (Å²) in [5, 5.41) is 15.2. The first-order chi connectivity index (χ1) is 10.1. The topological polar surface area (TPSA) is 72.7 Å². The monoisotopic (exact) mass is 349 g/mol. The minimum atomic E-state index is -0.0783. The van der Waals surface area contributed by atoms with Gasteiger partial charge in [-0.2, -0.15) is 4.80 Å². The molecule has 1 heterocycles. The molecule has 0 aliphatic heterocycles. The molecule has 1 amide bonds. The lowest BCUT2D eigenvalue weighted by Gasteiger charge is -2.11. The van der Waals surface area contributed by atoms with E-state index >= 15 is 0 Å². The van der Waals surface area contributed by atoms with Crippen molar-refractivity contribution in [2.45, 2.75) is 32.4 Å². The van der Waals surface area contributed by atoms with Crippen molar-refractivity contribution in [3.05, 3.63) is 28.7 Å². The Morgan fingerprint density at radius 1 is 1.48 bits per heavy atom. The third-order valence-corrected chi connectivity index (χ3v) is 4.26. The Bertz CT molecular complexity index is 652. The van der Waals surface area contributed by atoms with Gasteiger partial charge in [-0.05, 0) is 43.0 Å². The summed E-state index contributed by atoms with van der Waals surface area (Å²) in [6.45, 7) is 2.13. The van der Waals surface area contributed by atoms with Crippen LogP contribution >= 0.6 is 15.9 Å². The second-order valence-electron chi connectivity index (χ2n) is 5.32. The maximum Gasteiger partial charge on any atom is 0.243 e. The van der Waals surface area contributed by atoms with Crippen molar-refractivity contribution in [2.24, 2.45) is 5.92 Å². The van der Waals surface area contributed by atoms with Crippen molar-refractivity contribution in [2.75, 3.05) is 0 Å². The van der Waals surface area contributed by atoms with Crippen LogP contribution in [0.4, 0.5) is 0 Å². The first-order valence-electron chi connectivity index (χ1n) is 6.95. The molecule has 1 aromatic heterocycles. The summed E-state index contributed by atoms with van der Waals surface area (Å²) in [7, 11) is 0. The van der Waals surface area contributed by atoms with Crippen LogP contribution < -0.4 is 5.32 Å². The van der Waals surface area contributed by atoms with Gasteiger partial charge in [0, 0.05) is 16.1 Å². The molecule has 1 aliphatic carbocycles. The molecule has 1 fully saturated rings. The lowest BCUT2D eigenvalue weighted by molar-refractivity contribution is -0.122. The van der Waals surface area contributed by atoms with Crippen LogP contribution in [-0.4, -0.2) is 32.2 Å². The lowest BCUT2D eigenvalue weighted by Crippen LogP contribution is -2.36. The number of halogens is 1. The van der Waals surface area contributed by atoms with E-state index in [4.69, 9.17) is 0 Å². The van der Waals surface area contributed by atoms with Gasteiger partial charge >= 0.3 is 0 Å². The Hall–Kier alpha value is -1.76. The molecule has 1 aromatic carbocycles. The van der Waals surface area contributed by atoms with E-state index < -0.39 is 0 Å². The van der Waals surface area contributed by atoms with Crippen LogP contribution in [0.15, 0.2) is 28.7 Å². The molecule has 0 bridgehead atoms. The molecule has 6 nitrogen and oxygen atoms in total. The van der Waals surface area contributed by atoms with E-state index in [9.17, 15) is 4.79 Å². The van der Waals surface area contributed by atoms with Gasteiger partial charge in [0.15, 0.2) is 0 Å². The van der Waals surface area contributed by atoms with Crippen LogP contribution in [0, 0.1) is 5.92 Å². The van der Waals surface area contributed by atoms with Crippen LogP contribution in [0.3, 0.4) is 0 Å². The number of aromatic nitrogens is 4. The number of benzene rings is 1. The molecule has 2 aromatic rings. The Morgan fingerprint density at radius 2 is 2.24 bits per heavy atom. The van der Waals surface area contributed by atoms with Crippen LogP contribution in [-0.2, 0) is 11.3 Å². The number of amides is 1. The predicted molar refractivity (Wildman–Crippen MR) is 81.3 cm³/mol. The Labute approximate surface area is 131 Å². The summed E-state index contributed by atoms with van der Waals surface area (Å²) < 4.78 is 0.899. The largest absolute Gasteiger partial charge is 0.352 e. The average molecular weight is 350 g/mol. The van der Waals surface area contributed by atoms with E-state index in [2.05, 4.69) is 36.7 Å². The predicted octanol–water partition coefficient (Wildman–Crippen LogP) is 2.02. The number of tetrazole rings is 1. The summed E-state index contributed by atoms with van der Waals surface area (Å²) >= 11 is 3.45. The fourth-order valence-electron chi connectivity index (χ4n) is 2.20. The van der Waals surface area contributed by atoms with Crippen molar-refractivity contribution in [3.63, 3.8) is 0 Å². The third-order valence-electron chi connectivity index (χ3n) is 3.57. The summed E-state index contributed by atoms with van der Waals surface area (Å²) in [6.07, 6.45) is 2.41. The van der Waals surface area contributed by atoms with Gasteiger partial charge in [0.25, 0.3) is 0 Å². The van der Waals surface area contributed by atoms with Gasteiger partial charge in [0.2, 0.25) is 11.7 Å². The van der Waals surface area contributed by atoms with Gasteiger partial charge in [-0.3, -0.25) is 4.79 Å². The van der Waals surface area contributed by atoms with Crippen molar-refractivity contribution in [1.29, 1.82) is 0 Å². The van der Waals surface area contributed by atoms with Gasteiger partial charge in [-0.15, -0.1) is 10.2 Å². The number of carbonyl (C=O) groups is 1. The first kappa shape index (κ1) is 14.2. The molecule has 0 spiro atoms. The Balaban J connectivity index is 1.65. The molecule has 0 radical (unpaired) electrons. The lowest BCUT2D eigenvalue weighted by atomic mass is 10.2. The van der Waals surface area contributed by atoms with Crippen LogP contribution in [0.25, 0.3) is 11.4 Å². The van der Waals surface area contributed by atoms with Gasteiger partial charge in [0.05, 0.1) is 0 Å². The van der Waals surface area contributed by atoms with E-state index in [-0.39, 0.29) is 18.5 Å². The highest BCUT2D eigenvalue weighted by molar-refractivity contribution is 9.10. The molecular formula is C14H16BrN5O. The molecular weight excluding hydrogens is 334 g/mol. The Kier molecular flexibility index (Phi) is 4.01. The highest BCUT2D eigenvalue weighted by atomic mass is 79.9. The van der Waals surface area contributed by atoms with Crippen molar-refractivity contribution in [3.8, 4) is 11.4 Å². The fraction of sp³-hybridized carbons (Fsp3) is 0.429. The molecule has 7 heteroatoms. The molecule has 1 saturated carbocycles. The summed E-state index contributed by atoms with van der Waals surface area (Å²) in [5.74, 6) is 1.06. The highest BCUT2D eigenvalue weighted by Crippen LogP contribution is 2.32. The first-order valence-corrected chi connectivity index (χ1v) is 7.75. The van der Waals surface area contributed by atoms with Gasteiger partial charge < -0.3 is 5.32 Å². The fourth-order valence-corrected chi connectivity index (χ4v) is 2.66. The van der Waals surface area contributed by atoms with Gasteiger partial charge in [-0.1, -0.05) is 28.1 Å². The SMILES string of the molecule is C[C@H](NC(=O)Cn1nnc(-c2ccccc2Br)n1)C1CC1. The number of hydrogen-bond acceptors (Lipinski definition) is 4. The molecule has 3 rings (SSSR count). The smallest absolute Gasteiger partial charge is 0.243 e. The van der Waals surface area contributed by atoms with E-state index in [0.29, 0.717) is 11.7 Å². The average Bonchev–Trinajstić information content (AvgIpc) is 3.21. The highest BCUT2D eigenvalue weighted by Gasteiger charge is 2.28. The third kappa shape index (κ3) is 3.47. The zero-order valence-corrected chi connectivity index (χ0v) is 13.2. The minimum Gasteiger partial charge on any atom is -0.352 e. The number of hydrogen-bond donors (Lipinski definition) is 1. The van der Waals surface area contributed by atoms with Crippen molar-refractivity contribution < 1.29 is 4.79 Å². The molecule has 1 N–H and O–H groups in total. The standard InChI is InChI=1S/C14H16BrN5O/c1-9(10-6-7-10)16-13(21)8-20-18-14(17-19-20)11-4-2-3-5-12(11)15/h2-5,9-10H,6-8H2,1H3,(H,16,21)/t9-/m0/s1. The van der Waals surface area contributed by atoms with Crippen molar-refractivity contribution >= 4 is 21.8 Å². The molecule has 0 saturated heterocycles. The second-order valence-corrected chi connectivity index (χ2v) is 6.17. The molecule has 110 valence electrons. The number of nitrogens with zero attached hydrogens (tertiary/aromatic N) is 4. The number of rotatable bonds is 5. The van der Waals surface area contributed by atoms with E-state index in [1.807, 2.05) is 31.2 Å². The summed E-state index contributed by atoms with van der Waals surface area (Å²) in [5.41, 5.74) is 0.857. The zero-order valence-electron chi connectivity index (χ0n) is 11.7. The molecule has 21 heavy (non-hydrogen) atoms. The van der Waals surface area contributed by atoms with E-state index in [1.165, 1.54) is 17.6 Å². The van der Waals surface area contributed by atoms with Crippen LogP contribution in [0.5, 0.6) is 0 Å². The normalized spacial score (nSPS) is 15.7. The minimum absolute atomic E-state index is 0.0783.